The molecule has 0 saturated carbocycles. The second-order valence-electron chi connectivity index (χ2n) is 8.46. The maximum absolute atomic E-state index is 12.9. The molecule has 4 rings (SSSR count). The molecule has 2 aromatic rings. The fourth-order valence-corrected chi connectivity index (χ4v) is 7.15. The number of rotatable bonds is 7. The predicted molar refractivity (Wildman–Crippen MR) is 123 cm³/mol. The Bertz CT molecular complexity index is 970. The standard InChI is InChI=1S/C23H31N3O3S2/c27-23(21-10-6-14-26(18-21)31(28,29)22-11-7-15-30-22)24-16-19-8-2-3-9-20(19)17-25-12-4-1-5-13-25/h2-3,7-9,11,15,21H,1,4-6,10,12-14,16-18H2,(H,24,27). The molecule has 2 aliphatic rings. The summed E-state index contributed by atoms with van der Waals surface area (Å²) in [5.41, 5.74) is 2.40. The van der Waals surface area contributed by atoms with Gasteiger partial charge in [-0.25, -0.2) is 8.42 Å². The van der Waals surface area contributed by atoms with Gasteiger partial charge in [-0.05, 0) is 61.3 Å². The lowest BCUT2D eigenvalue weighted by molar-refractivity contribution is -0.126. The Morgan fingerprint density at radius 3 is 2.52 bits per heavy atom. The number of carbonyl (C=O) groups is 1. The summed E-state index contributed by atoms with van der Waals surface area (Å²) in [4.78, 5) is 15.4. The molecule has 6 nitrogen and oxygen atoms in total. The Hall–Kier alpha value is -1.74. The summed E-state index contributed by atoms with van der Waals surface area (Å²) in [5, 5.41) is 4.84. The number of likely N-dealkylation sites (tertiary alicyclic amines) is 1. The van der Waals surface area contributed by atoms with Gasteiger partial charge in [0.15, 0.2) is 0 Å². The summed E-state index contributed by atoms with van der Waals surface area (Å²) in [5.74, 6) is -0.364. The van der Waals surface area contributed by atoms with Crippen molar-refractivity contribution in [3.63, 3.8) is 0 Å². The van der Waals surface area contributed by atoms with E-state index in [2.05, 4.69) is 28.4 Å². The lowest BCUT2D eigenvalue weighted by Crippen LogP contribution is -2.45. The molecule has 1 aromatic carbocycles. The maximum atomic E-state index is 12.9. The van der Waals surface area contributed by atoms with Crippen molar-refractivity contribution >= 4 is 27.3 Å². The van der Waals surface area contributed by atoms with Gasteiger partial charge in [0.05, 0.1) is 5.92 Å². The predicted octanol–water partition coefficient (Wildman–Crippen LogP) is 3.45. The molecule has 0 bridgehead atoms. The van der Waals surface area contributed by atoms with Crippen molar-refractivity contribution in [3.8, 4) is 0 Å². The molecule has 2 aliphatic heterocycles. The van der Waals surface area contributed by atoms with E-state index in [1.807, 2.05) is 6.07 Å². The quantitative estimate of drug-likeness (QED) is 0.686. The van der Waals surface area contributed by atoms with Crippen molar-refractivity contribution in [1.82, 2.24) is 14.5 Å². The third-order valence-corrected chi connectivity index (χ3v) is 9.50. The zero-order valence-corrected chi connectivity index (χ0v) is 19.5. The number of piperidine rings is 2. The molecule has 0 radical (unpaired) electrons. The van der Waals surface area contributed by atoms with E-state index in [0.717, 1.165) is 31.6 Å². The minimum Gasteiger partial charge on any atom is -0.352 e. The third-order valence-electron chi connectivity index (χ3n) is 6.26. The summed E-state index contributed by atoms with van der Waals surface area (Å²) in [6.45, 7) is 4.40. The second-order valence-corrected chi connectivity index (χ2v) is 11.6. The van der Waals surface area contributed by atoms with Crippen LogP contribution in [0.1, 0.15) is 43.2 Å². The first-order valence-corrected chi connectivity index (χ1v) is 13.5. The summed E-state index contributed by atoms with van der Waals surface area (Å²) < 4.78 is 27.5. The molecule has 1 N–H and O–H groups in total. The highest BCUT2D eigenvalue weighted by molar-refractivity contribution is 7.91. The summed E-state index contributed by atoms with van der Waals surface area (Å²) in [7, 11) is -3.51. The number of benzene rings is 1. The molecule has 168 valence electrons. The summed E-state index contributed by atoms with van der Waals surface area (Å²) >= 11 is 1.22. The molecule has 0 spiro atoms. The maximum Gasteiger partial charge on any atom is 0.252 e. The fourth-order valence-electron chi connectivity index (χ4n) is 4.48. The van der Waals surface area contributed by atoms with Gasteiger partial charge in [0, 0.05) is 26.2 Å². The molecule has 0 aliphatic carbocycles. The van der Waals surface area contributed by atoms with Crippen LogP contribution >= 0.6 is 11.3 Å². The molecule has 1 aromatic heterocycles. The van der Waals surface area contributed by atoms with Gasteiger partial charge in [-0.3, -0.25) is 9.69 Å². The summed E-state index contributed by atoms with van der Waals surface area (Å²) in [6, 6.07) is 11.7. The van der Waals surface area contributed by atoms with Crippen molar-refractivity contribution in [2.24, 2.45) is 5.92 Å². The highest BCUT2D eigenvalue weighted by Crippen LogP contribution is 2.26. The van der Waals surface area contributed by atoms with Gasteiger partial charge in [0.1, 0.15) is 4.21 Å². The van der Waals surface area contributed by atoms with E-state index in [1.54, 1.807) is 17.5 Å². The van der Waals surface area contributed by atoms with Crippen molar-refractivity contribution in [1.29, 1.82) is 0 Å². The number of carbonyl (C=O) groups excluding carboxylic acids is 1. The monoisotopic (exact) mass is 461 g/mol. The van der Waals surface area contributed by atoms with Gasteiger partial charge in [-0.2, -0.15) is 4.31 Å². The fraction of sp³-hybridized carbons (Fsp3) is 0.522. The van der Waals surface area contributed by atoms with Crippen LogP contribution in [0, 0.1) is 5.92 Å². The minimum absolute atomic E-state index is 0.0566. The Morgan fingerprint density at radius 2 is 1.77 bits per heavy atom. The van der Waals surface area contributed by atoms with Gasteiger partial charge in [0.2, 0.25) is 5.91 Å². The number of nitrogens with zero attached hydrogens (tertiary/aromatic N) is 2. The van der Waals surface area contributed by atoms with Crippen LogP contribution in [-0.2, 0) is 27.9 Å². The normalized spacial score (nSPS) is 21.1. The van der Waals surface area contributed by atoms with Gasteiger partial charge >= 0.3 is 0 Å². The van der Waals surface area contributed by atoms with Gasteiger partial charge in [-0.1, -0.05) is 36.8 Å². The molecule has 31 heavy (non-hydrogen) atoms. The van der Waals surface area contributed by atoms with Crippen LogP contribution in [-0.4, -0.2) is 49.7 Å². The molecule has 8 heteroatoms. The van der Waals surface area contributed by atoms with E-state index < -0.39 is 10.0 Å². The molecular weight excluding hydrogens is 430 g/mol. The van der Waals surface area contributed by atoms with Gasteiger partial charge < -0.3 is 5.32 Å². The Balaban J connectivity index is 1.36. The smallest absolute Gasteiger partial charge is 0.252 e. The van der Waals surface area contributed by atoms with E-state index in [4.69, 9.17) is 0 Å². The minimum atomic E-state index is -3.51. The van der Waals surface area contributed by atoms with E-state index in [-0.39, 0.29) is 18.4 Å². The van der Waals surface area contributed by atoms with E-state index in [9.17, 15) is 13.2 Å². The second kappa shape index (κ2) is 10.3. The molecular formula is C23H31N3O3S2. The van der Waals surface area contributed by atoms with Crippen molar-refractivity contribution in [3.05, 3.63) is 52.9 Å². The Kier molecular flexibility index (Phi) is 7.43. The van der Waals surface area contributed by atoms with Crippen LogP contribution in [0.4, 0.5) is 0 Å². The van der Waals surface area contributed by atoms with Crippen molar-refractivity contribution < 1.29 is 13.2 Å². The number of nitrogens with one attached hydrogen (secondary N) is 1. The number of hydrogen-bond acceptors (Lipinski definition) is 5. The molecule has 1 amide bonds. The van der Waals surface area contributed by atoms with Crippen LogP contribution < -0.4 is 5.32 Å². The third kappa shape index (κ3) is 5.55. The first kappa shape index (κ1) is 22.5. The molecule has 2 fully saturated rings. The average molecular weight is 462 g/mol. The molecule has 1 atom stereocenters. The lowest BCUT2D eigenvalue weighted by Gasteiger charge is -2.31. The number of hydrogen-bond donors (Lipinski definition) is 1. The van der Waals surface area contributed by atoms with Crippen molar-refractivity contribution in [2.75, 3.05) is 26.2 Å². The highest BCUT2D eigenvalue weighted by atomic mass is 32.2. The molecule has 1 unspecified atom stereocenters. The first-order valence-electron chi connectivity index (χ1n) is 11.1. The number of sulfonamides is 1. The first-order chi connectivity index (χ1) is 15.0. The van der Waals surface area contributed by atoms with Crippen LogP contribution in [0.3, 0.4) is 0 Å². The van der Waals surface area contributed by atoms with Crippen LogP contribution in [0.5, 0.6) is 0 Å². The SMILES string of the molecule is O=C(NCc1ccccc1CN1CCCCC1)C1CCCN(S(=O)(=O)c2cccs2)C1. The zero-order valence-electron chi connectivity index (χ0n) is 17.8. The lowest BCUT2D eigenvalue weighted by atomic mass is 9.98. The summed E-state index contributed by atoms with van der Waals surface area (Å²) in [6.07, 6.45) is 5.25. The largest absolute Gasteiger partial charge is 0.352 e. The molecule has 2 saturated heterocycles. The number of thiophene rings is 1. The average Bonchev–Trinajstić information content (AvgIpc) is 3.35. The Labute approximate surface area is 189 Å². The molecule has 3 heterocycles. The van der Waals surface area contributed by atoms with E-state index >= 15 is 0 Å². The van der Waals surface area contributed by atoms with E-state index in [1.165, 1.54) is 40.5 Å². The van der Waals surface area contributed by atoms with Gasteiger partial charge in [0.25, 0.3) is 10.0 Å². The topological polar surface area (TPSA) is 69.7 Å². The van der Waals surface area contributed by atoms with Crippen LogP contribution in [0.15, 0.2) is 46.0 Å². The van der Waals surface area contributed by atoms with Crippen molar-refractivity contribution in [2.45, 2.75) is 49.4 Å². The Morgan fingerprint density at radius 1 is 1.00 bits per heavy atom. The zero-order chi connectivity index (χ0) is 21.7. The van der Waals surface area contributed by atoms with E-state index in [0.29, 0.717) is 23.7 Å². The number of amides is 1. The van der Waals surface area contributed by atoms with Crippen LogP contribution in [0.2, 0.25) is 0 Å². The van der Waals surface area contributed by atoms with Gasteiger partial charge in [-0.15, -0.1) is 11.3 Å². The highest BCUT2D eigenvalue weighted by Gasteiger charge is 2.33. The van der Waals surface area contributed by atoms with Crippen LogP contribution in [0.25, 0.3) is 0 Å².